The Morgan fingerprint density at radius 1 is 1.23 bits per heavy atom. The van der Waals surface area contributed by atoms with Gasteiger partial charge in [0, 0.05) is 4.47 Å². The number of rotatable bonds is 5. The number of nitrogens with one attached hydrogen (secondary N) is 2. The normalized spacial score (nSPS) is 11.6. The lowest BCUT2D eigenvalue weighted by molar-refractivity contribution is -0.116. The third kappa shape index (κ3) is 3.98. The first-order valence-corrected chi connectivity index (χ1v) is 7.46. The first kappa shape index (κ1) is 16.3. The Morgan fingerprint density at radius 3 is 2.64 bits per heavy atom. The van der Waals surface area contributed by atoms with Crippen molar-refractivity contribution in [2.45, 2.75) is 13.0 Å². The van der Waals surface area contributed by atoms with E-state index in [0.29, 0.717) is 15.9 Å². The molecule has 0 spiro atoms. The molecule has 1 atom stereocenters. The van der Waals surface area contributed by atoms with Crippen molar-refractivity contribution in [3.05, 3.63) is 52.8 Å². The fourth-order valence-electron chi connectivity index (χ4n) is 1.89. The predicted octanol–water partition coefficient (Wildman–Crippen LogP) is 4.04. The van der Waals surface area contributed by atoms with Crippen LogP contribution in [0.25, 0.3) is 0 Å². The van der Waals surface area contributed by atoms with Crippen LogP contribution in [0.3, 0.4) is 0 Å². The van der Waals surface area contributed by atoms with Gasteiger partial charge in [0.2, 0.25) is 5.91 Å². The highest BCUT2D eigenvalue weighted by atomic mass is 79.9. The van der Waals surface area contributed by atoms with E-state index in [9.17, 15) is 9.18 Å². The molecule has 0 unspecified atom stereocenters. The average Bonchev–Trinajstić information content (AvgIpc) is 2.50. The number of para-hydroxylation sites is 2. The molecule has 1 amide bonds. The van der Waals surface area contributed by atoms with Gasteiger partial charge in [-0.25, -0.2) is 4.39 Å². The molecule has 6 heteroatoms. The van der Waals surface area contributed by atoms with Crippen LogP contribution < -0.4 is 15.4 Å². The summed E-state index contributed by atoms with van der Waals surface area (Å²) >= 11 is 3.17. The zero-order chi connectivity index (χ0) is 16.1. The molecule has 0 radical (unpaired) electrons. The zero-order valence-electron chi connectivity index (χ0n) is 12.2. The van der Waals surface area contributed by atoms with Gasteiger partial charge in [0.1, 0.15) is 17.6 Å². The van der Waals surface area contributed by atoms with Gasteiger partial charge >= 0.3 is 0 Å². The van der Waals surface area contributed by atoms with Crippen molar-refractivity contribution in [1.29, 1.82) is 0 Å². The Labute approximate surface area is 136 Å². The Morgan fingerprint density at radius 2 is 1.95 bits per heavy atom. The number of carbonyl (C=O) groups excluding carboxylic acids is 1. The molecule has 0 aliphatic rings. The third-order valence-electron chi connectivity index (χ3n) is 3.06. The molecular formula is C16H16BrFN2O2. The molecule has 0 aliphatic heterocycles. The molecule has 0 fully saturated rings. The minimum atomic E-state index is -0.556. The summed E-state index contributed by atoms with van der Waals surface area (Å²) in [5.74, 6) is -0.198. The maximum atomic E-state index is 13.7. The molecule has 2 N–H and O–H groups in total. The fourth-order valence-corrected chi connectivity index (χ4v) is 2.23. The predicted molar refractivity (Wildman–Crippen MR) is 88.8 cm³/mol. The van der Waals surface area contributed by atoms with Crippen LogP contribution in [-0.2, 0) is 4.79 Å². The van der Waals surface area contributed by atoms with Crippen LogP contribution >= 0.6 is 15.9 Å². The van der Waals surface area contributed by atoms with Gasteiger partial charge in [-0.2, -0.15) is 0 Å². The summed E-state index contributed by atoms with van der Waals surface area (Å²) in [6.07, 6.45) is 0. The average molecular weight is 367 g/mol. The Hall–Kier alpha value is -2.08. The number of hydrogen-bond acceptors (Lipinski definition) is 3. The van der Waals surface area contributed by atoms with Gasteiger partial charge in [0.05, 0.1) is 18.5 Å². The smallest absolute Gasteiger partial charge is 0.246 e. The molecule has 116 valence electrons. The standard InChI is InChI=1S/C16H16BrFN2O2/c1-10(19-14-5-3-4-6-15(14)22-2)16(21)20-13-8-7-11(17)9-12(13)18/h3-10,19H,1-2H3,(H,20,21)/t10-/m1/s1. The lowest BCUT2D eigenvalue weighted by Crippen LogP contribution is -2.32. The summed E-state index contributed by atoms with van der Waals surface area (Å²) in [6, 6.07) is 11.2. The summed E-state index contributed by atoms with van der Waals surface area (Å²) in [7, 11) is 1.56. The Kier molecular flexibility index (Phi) is 5.38. The van der Waals surface area contributed by atoms with Crippen LogP contribution in [0, 0.1) is 5.82 Å². The van der Waals surface area contributed by atoms with Gasteiger partial charge in [-0.3, -0.25) is 4.79 Å². The van der Waals surface area contributed by atoms with Crippen molar-refractivity contribution in [2.75, 3.05) is 17.7 Å². The molecule has 0 saturated heterocycles. The van der Waals surface area contributed by atoms with Crippen molar-refractivity contribution in [3.63, 3.8) is 0 Å². The van der Waals surface area contributed by atoms with E-state index in [1.807, 2.05) is 18.2 Å². The number of hydrogen-bond donors (Lipinski definition) is 2. The van der Waals surface area contributed by atoms with E-state index in [4.69, 9.17) is 4.74 Å². The molecule has 22 heavy (non-hydrogen) atoms. The zero-order valence-corrected chi connectivity index (χ0v) is 13.8. The van der Waals surface area contributed by atoms with E-state index in [1.165, 1.54) is 12.1 Å². The van der Waals surface area contributed by atoms with Crippen LogP contribution in [0.5, 0.6) is 5.75 Å². The molecule has 4 nitrogen and oxygen atoms in total. The van der Waals surface area contributed by atoms with Crippen LogP contribution in [0.15, 0.2) is 46.9 Å². The molecular weight excluding hydrogens is 351 g/mol. The molecule has 2 aromatic rings. The maximum absolute atomic E-state index is 13.7. The third-order valence-corrected chi connectivity index (χ3v) is 3.55. The van der Waals surface area contributed by atoms with Gasteiger partial charge in [-0.15, -0.1) is 0 Å². The summed E-state index contributed by atoms with van der Waals surface area (Å²) < 4.78 is 19.6. The highest BCUT2D eigenvalue weighted by Crippen LogP contribution is 2.24. The largest absolute Gasteiger partial charge is 0.495 e. The van der Waals surface area contributed by atoms with Crippen molar-refractivity contribution < 1.29 is 13.9 Å². The number of halogens is 2. The SMILES string of the molecule is COc1ccccc1N[C@H](C)C(=O)Nc1ccc(Br)cc1F. The van der Waals surface area contributed by atoms with Gasteiger partial charge in [0.25, 0.3) is 0 Å². The molecule has 0 heterocycles. The van der Waals surface area contributed by atoms with E-state index in [2.05, 4.69) is 26.6 Å². The van der Waals surface area contributed by atoms with E-state index >= 15 is 0 Å². The van der Waals surface area contributed by atoms with Crippen LogP contribution in [0.1, 0.15) is 6.92 Å². The number of carbonyl (C=O) groups is 1. The first-order chi connectivity index (χ1) is 10.5. The second-order valence-corrected chi connectivity index (χ2v) is 5.60. The summed E-state index contributed by atoms with van der Waals surface area (Å²) in [5.41, 5.74) is 0.839. The topological polar surface area (TPSA) is 50.4 Å². The maximum Gasteiger partial charge on any atom is 0.246 e. The monoisotopic (exact) mass is 366 g/mol. The highest BCUT2D eigenvalue weighted by molar-refractivity contribution is 9.10. The second-order valence-electron chi connectivity index (χ2n) is 4.68. The Balaban J connectivity index is 2.06. The van der Waals surface area contributed by atoms with Crippen molar-refractivity contribution in [2.24, 2.45) is 0 Å². The minimum absolute atomic E-state index is 0.141. The van der Waals surface area contributed by atoms with E-state index in [0.717, 1.165) is 0 Å². The van der Waals surface area contributed by atoms with Crippen LogP contribution in [-0.4, -0.2) is 19.1 Å². The molecule has 0 saturated carbocycles. The van der Waals surface area contributed by atoms with E-state index < -0.39 is 11.9 Å². The van der Waals surface area contributed by atoms with Gasteiger partial charge in [-0.1, -0.05) is 28.1 Å². The summed E-state index contributed by atoms with van der Waals surface area (Å²) in [5, 5.41) is 5.60. The van der Waals surface area contributed by atoms with Gasteiger partial charge in [-0.05, 0) is 37.3 Å². The fraction of sp³-hybridized carbons (Fsp3) is 0.188. The number of methoxy groups -OCH3 is 1. The minimum Gasteiger partial charge on any atom is -0.495 e. The molecule has 0 bridgehead atoms. The lowest BCUT2D eigenvalue weighted by Gasteiger charge is -2.17. The van der Waals surface area contributed by atoms with Crippen LogP contribution in [0.2, 0.25) is 0 Å². The van der Waals surface area contributed by atoms with Crippen molar-refractivity contribution in [3.8, 4) is 5.75 Å². The lowest BCUT2D eigenvalue weighted by atomic mass is 10.2. The number of anilines is 2. The van der Waals surface area contributed by atoms with E-state index in [-0.39, 0.29) is 11.6 Å². The summed E-state index contributed by atoms with van der Waals surface area (Å²) in [4.78, 5) is 12.2. The molecule has 2 aromatic carbocycles. The highest BCUT2D eigenvalue weighted by Gasteiger charge is 2.16. The Bertz CT molecular complexity index is 679. The van der Waals surface area contributed by atoms with Crippen molar-refractivity contribution >= 4 is 33.2 Å². The number of benzene rings is 2. The van der Waals surface area contributed by atoms with Crippen molar-refractivity contribution in [1.82, 2.24) is 0 Å². The quantitative estimate of drug-likeness (QED) is 0.839. The first-order valence-electron chi connectivity index (χ1n) is 6.66. The summed E-state index contributed by atoms with van der Waals surface area (Å²) in [6.45, 7) is 1.69. The molecule has 0 aromatic heterocycles. The number of ether oxygens (including phenoxy) is 1. The van der Waals surface area contributed by atoms with Gasteiger partial charge in [0.15, 0.2) is 0 Å². The molecule has 0 aliphatic carbocycles. The van der Waals surface area contributed by atoms with Gasteiger partial charge < -0.3 is 15.4 Å². The van der Waals surface area contributed by atoms with Crippen LogP contribution in [0.4, 0.5) is 15.8 Å². The van der Waals surface area contributed by atoms with E-state index in [1.54, 1.807) is 26.2 Å². The molecule has 2 rings (SSSR count). The number of amides is 1. The second kappa shape index (κ2) is 7.26.